The second-order valence-electron chi connectivity index (χ2n) is 5.87. The van der Waals surface area contributed by atoms with E-state index in [1.54, 1.807) is 30.3 Å². The zero-order valence-corrected chi connectivity index (χ0v) is 14.5. The van der Waals surface area contributed by atoms with Crippen LogP contribution in [-0.2, 0) is 13.1 Å². The first-order chi connectivity index (χ1) is 13.0. The molecule has 3 aromatic rings. The van der Waals surface area contributed by atoms with E-state index in [1.807, 2.05) is 24.1 Å². The summed E-state index contributed by atoms with van der Waals surface area (Å²) in [6, 6.07) is 15.6. The van der Waals surface area contributed by atoms with Gasteiger partial charge in [0.15, 0.2) is 0 Å². The molecule has 6 nitrogen and oxygen atoms in total. The quantitative estimate of drug-likeness (QED) is 0.629. The van der Waals surface area contributed by atoms with Crippen molar-refractivity contribution in [3.8, 4) is 23.2 Å². The van der Waals surface area contributed by atoms with Crippen LogP contribution < -0.4 is 4.74 Å². The van der Waals surface area contributed by atoms with Gasteiger partial charge in [0.05, 0.1) is 23.7 Å². The molecule has 0 aliphatic heterocycles. The van der Waals surface area contributed by atoms with Gasteiger partial charge in [-0.1, -0.05) is 29.4 Å². The maximum absolute atomic E-state index is 12.5. The van der Waals surface area contributed by atoms with Crippen molar-refractivity contribution in [2.45, 2.75) is 19.7 Å². The summed E-state index contributed by atoms with van der Waals surface area (Å²) in [5.41, 5.74) is 1.97. The summed E-state index contributed by atoms with van der Waals surface area (Å²) in [6.07, 6.45) is 0. The second-order valence-corrected chi connectivity index (χ2v) is 5.87. The van der Waals surface area contributed by atoms with Crippen molar-refractivity contribution >= 4 is 0 Å². The van der Waals surface area contributed by atoms with Crippen LogP contribution in [0.3, 0.4) is 0 Å². The third kappa shape index (κ3) is 4.86. The van der Waals surface area contributed by atoms with Crippen LogP contribution in [0.4, 0.5) is 8.78 Å². The lowest BCUT2D eigenvalue weighted by Gasteiger charge is -2.14. The lowest BCUT2D eigenvalue weighted by molar-refractivity contribution is -0.0494. The first kappa shape index (κ1) is 18.5. The van der Waals surface area contributed by atoms with E-state index in [0.717, 1.165) is 5.56 Å². The Hall–Kier alpha value is -3.31. The van der Waals surface area contributed by atoms with Crippen molar-refractivity contribution in [2.75, 3.05) is 7.05 Å². The summed E-state index contributed by atoms with van der Waals surface area (Å²) >= 11 is 0. The highest BCUT2D eigenvalue weighted by Crippen LogP contribution is 2.29. The van der Waals surface area contributed by atoms with Gasteiger partial charge in [-0.2, -0.15) is 19.0 Å². The number of para-hydroxylation sites is 1. The standard InChI is InChI=1S/C19H16F2N4O2/c1-25(11-14-8-6-13(10-22)7-9-14)12-17-23-18(24-27-17)15-4-2-3-5-16(15)26-19(20)21/h2-9,19H,11-12H2,1H3. The molecular formula is C19H16F2N4O2. The number of aromatic nitrogens is 2. The molecule has 0 saturated heterocycles. The fraction of sp³-hybridized carbons (Fsp3) is 0.211. The monoisotopic (exact) mass is 370 g/mol. The molecule has 2 aromatic carbocycles. The van der Waals surface area contributed by atoms with Crippen LogP contribution >= 0.6 is 0 Å². The van der Waals surface area contributed by atoms with Gasteiger partial charge in [-0.25, -0.2) is 0 Å². The Labute approximate surface area is 154 Å². The Balaban J connectivity index is 1.68. The molecule has 0 spiro atoms. The van der Waals surface area contributed by atoms with Gasteiger partial charge in [-0.05, 0) is 36.9 Å². The van der Waals surface area contributed by atoms with Crippen LogP contribution in [0.5, 0.6) is 5.75 Å². The second kappa shape index (κ2) is 8.38. The van der Waals surface area contributed by atoms with Crippen molar-refractivity contribution in [2.24, 2.45) is 0 Å². The Morgan fingerprint density at radius 2 is 1.89 bits per heavy atom. The summed E-state index contributed by atoms with van der Waals surface area (Å²) in [5, 5.41) is 12.7. The number of halogens is 2. The van der Waals surface area contributed by atoms with Crippen molar-refractivity contribution in [1.82, 2.24) is 15.0 Å². The SMILES string of the molecule is CN(Cc1ccc(C#N)cc1)Cc1nc(-c2ccccc2OC(F)F)no1. The summed E-state index contributed by atoms with van der Waals surface area (Å²) in [7, 11) is 1.88. The van der Waals surface area contributed by atoms with E-state index in [0.29, 0.717) is 30.1 Å². The summed E-state index contributed by atoms with van der Waals surface area (Å²) in [5.74, 6) is 0.534. The molecule has 1 aromatic heterocycles. The lowest BCUT2D eigenvalue weighted by atomic mass is 10.1. The van der Waals surface area contributed by atoms with Crippen LogP contribution in [0.25, 0.3) is 11.4 Å². The van der Waals surface area contributed by atoms with Crippen molar-refractivity contribution in [1.29, 1.82) is 5.26 Å². The van der Waals surface area contributed by atoms with E-state index in [2.05, 4.69) is 20.9 Å². The topological polar surface area (TPSA) is 75.2 Å². The number of nitriles is 1. The number of rotatable bonds is 7. The van der Waals surface area contributed by atoms with Gasteiger partial charge in [0.25, 0.3) is 0 Å². The molecule has 138 valence electrons. The van der Waals surface area contributed by atoms with Crippen LogP contribution in [0.15, 0.2) is 53.1 Å². The number of benzene rings is 2. The average molecular weight is 370 g/mol. The van der Waals surface area contributed by atoms with Gasteiger partial charge in [-0.3, -0.25) is 4.90 Å². The largest absolute Gasteiger partial charge is 0.434 e. The van der Waals surface area contributed by atoms with Crippen molar-refractivity contribution < 1.29 is 18.0 Å². The number of nitrogens with zero attached hydrogens (tertiary/aromatic N) is 4. The first-order valence-corrected chi connectivity index (χ1v) is 8.09. The molecule has 0 aliphatic rings. The Morgan fingerprint density at radius 1 is 1.15 bits per heavy atom. The minimum atomic E-state index is -2.93. The van der Waals surface area contributed by atoms with Crippen LogP contribution in [0.1, 0.15) is 17.0 Å². The molecule has 0 bridgehead atoms. The zero-order valence-electron chi connectivity index (χ0n) is 14.5. The molecule has 27 heavy (non-hydrogen) atoms. The molecule has 1 heterocycles. The highest BCUT2D eigenvalue weighted by atomic mass is 19.3. The van der Waals surface area contributed by atoms with Crippen LogP contribution in [0, 0.1) is 11.3 Å². The third-order valence-corrected chi connectivity index (χ3v) is 3.75. The summed E-state index contributed by atoms with van der Waals surface area (Å²) in [4.78, 5) is 6.23. The molecule has 0 unspecified atom stereocenters. The minimum absolute atomic E-state index is 0.00853. The normalized spacial score (nSPS) is 11.0. The van der Waals surface area contributed by atoms with Crippen LogP contribution in [-0.4, -0.2) is 28.7 Å². The van der Waals surface area contributed by atoms with Gasteiger partial charge in [0.2, 0.25) is 11.7 Å². The Kier molecular flexibility index (Phi) is 5.74. The number of alkyl halides is 2. The lowest BCUT2D eigenvalue weighted by Crippen LogP contribution is -2.17. The Morgan fingerprint density at radius 3 is 2.59 bits per heavy atom. The maximum atomic E-state index is 12.5. The van der Waals surface area contributed by atoms with Gasteiger partial charge in [0, 0.05) is 6.54 Å². The summed E-state index contributed by atoms with van der Waals surface area (Å²) < 4.78 is 34.8. The third-order valence-electron chi connectivity index (χ3n) is 3.75. The minimum Gasteiger partial charge on any atom is -0.434 e. The predicted octanol–water partition coefficient (Wildman–Crippen LogP) is 3.84. The smallest absolute Gasteiger partial charge is 0.387 e. The predicted molar refractivity (Wildman–Crippen MR) is 92.7 cm³/mol. The van der Waals surface area contributed by atoms with Gasteiger partial charge < -0.3 is 9.26 Å². The van der Waals surface area contributed by atoms with Crippen molar-refractivity contribution in [3.05, 3.63) is 65.5 Å². The molecule has 0 amide bonds. The number of hydrogen-bond donors (Lipinski definition) is 0. The van der Waals surface area contributed by atoms with E-state index >= 15 is 0 Å². The fourth-order valence-electron chi connectivity index (χ4n) is 2.56. The van der Waals surface area contributed by atoms with Gasteiger partial charge >= 0.3 is 6.61 Å². The van der Waals surface area contributed by atoms with E-state index < -0.39 is 6.61 Å². The molecule has 0 N–H and O–H groups in total. The first-order valence-electron chi connectivity index (χ1n) is 8.09. The average Bonchev–Trinajstić information content (AvgIpc) is 3.10. The van der Waals surface area contributed by atoms with E-state index in [-0.39, 0.29) is 11.6 Å². The number of hydrogen-bond acceptors (Lipinski definition) is 6. The highest BCUT2D eigenvalue weighted by molar-refractivity contribution is 5.63. The summed E-state index contributed by atoms with van der Waals surface area (Å²) in [6.45, 7) is -1.93. The molecule has 0 aliphatic carbocycles. The molecule has 0 radical (unpaired) electrons. The Bertz CT molecular complexity index is 935. The van der Waals surface area contributed by atoms with Gasteiger partial charge in [0.1, 0.15) is 5.75 Å². The molecule has 0 atom stereocenters. The van der Waals surface area contributed by atoms with E-state index in [9.17, 15) is 8.78 Å². The van der Waals surface area contributed by atoms with E-state index in [4.69, 9.17) is 9.78 Å². The van der Waals surface area contributed by atoms with E-state index in [1.165, 1.54) is 6.07 Å². The number of ether oxygens (including phenoxy) is 1. The molecular weight excluding hydrogens is 354 g/mol. The zero-order chi connectivity index (χ0) is 19.2. The molecule has 8 heteroatoms. The van der Waals surface area contributed by atoms with Crippen LogP contribution in [0.2, 0.25) is 0 Å². The fourth-order valence-corrected chi connectivity index (χ4v) is 2.56. The van der Waals surface area contributed by atoms with Gasteiger partial charge in [-0.15, -0.1) is 0 Å². The van der Waals surface area contributed by atoms with Crippen molar-refractivity contribution in [3.63, 3.8) is 0 Å². The molecule has 0 fully saturated rings. The maximum Gasteiger partial charge on any atom is 0.387 e. The highest BCUT2D eigenvalue weighted by Gasteiger charge is 2.16. The molecule has 0 saturated carbocycles. The molecule has 3 rings (SSSR count).